The van der Waals surface area contributed by atoms with Crippen LogP contribution in [-0.2, 0) is 0 Å². The van der Waals surface area contributed by atoms with E-state index in [1.165, 1.54) is 7.11 Å². The molecule has 1 rings (SSSR count). The lowest BCUT2D eigenvalue weighted by Crippen LogP contribution is -2.01. The Balaban J connectivity index is 0. The zero-order chi connectivity index (χ0) is 10.7. The second kappa shape index (κ2) is 7.54. The van der Waals surface area contributed by atoms with Crippen molar-refractivity contribution in [1.82, 2.24) is 0 Å². The number of methoxy groups -OCH3 is 2. The van der Waals surface area contributed by atoms with Crippen molar-refractivity contribution in [3.8, 4) is 11.5 Å². The van der Waals surface area contributed by atoms with Gasteiger partial charge in [-0.05, 0) is 6.07 Å². The van der Waals surface area contributed by atoms with E-state index in [1.807, 2.05) is 0 Å². The van der Waals surface area contributed by atoms with E-state index in [-0.39, 0.29) is 24.8 Å². The van der Waals surface area contributed by atoms with Gasteiger partial charge in [0.25, 0.3) is 0 Å². The number of nitrogens with one attached hydrogen (secondary N) is 1. The molecule has 0 aliphatic rings. The number of hydrogen-bond acceptors (Lipinski definition) is 4. The maximum atomic E-state index is 5.94. The van der Waals surface area contributed by atoms with Crippen LogP contribution in [0.1, 0.15) is 0 Å². The minimum absolute atomic E-state index is 0. The molecule has 94 valence electrons. The molecule has 3 N–H and O–H groups in total. The molecule has 0 aromatic heterocycles. The first-order valence-corrected chi connectivity index (χ1v) is 4.41. The first kappa shape index (κ1) is 17.7. The summed E-state index contributed by atoms with van der Waals surface area (Å²) in [7, 11) is 4.82. The zero-order valence-corrected chi connectivity index (χ0v) is 11.6. The average molecular weight is 290 g/mol. The summed E-state index contributed by atoms with van der Waals surface area (Å²) >= 11 is 5.94. The van der Waals surface area contributed by atoms with Crippen molar-refractivity contribution in [2.75, 3.05) is 32.3 Å². The van der Waals surface area contributed by atoms with Gasteiger partial charge in [0, 0.05) is 7.05 Å². The van der Waals surface area contributed by atoms with E-state index < -0.39 is 0 Å². The summed E-state index contributed by atoms with van der Waals surface area (Å²) in [5.41, 5.74) is 6.93. The molecule has 4 nitrogen and oxygen atoms in total. The molecule has 0 unspecified atom stereocenters. The van der Waals surface area contributed by atoms with E-state index in [2.05, 4.69) is 5.32 Å². The van der Waals surface area contributed by atoms with Gasteiger partial charge < -0.3 is 20.5 Å². The Bertz CT molecular complexity index is 348. The Morgan fingerprint density at radius 2 is 1.69 bits per heavy atom. The van der Waals surface area contributed by atoms with Crippen LogP contribution in [0.3, 0.4) is 0 Å². The van der Waals surface area contributed by atoms with E-state index in [0.717, 1.165) is 5.69 Å². The van der Waals surface area contributed by atoms with Crippen molar-refractivity contribution in [3.05, 3.63) is 11.1 Å². The van der Waals surface area contributed by atoms with Crippen molar-refractivity contribution in [2.24, 2.45) is 0 Å². The molecule has 7 heteroatoms. The van der Waals surface area contributed by atoms with Crippen molar-refractivity contribution in [3.63, 3.8) is 0 Å². The van der Waals surface area contributed by atoms with E-state index in [4.69, 9.17) is 26.8 Å². The van der Waals surface area contributed by atoms with Crippen LogP contribution in [0.5, 0.6) is 11.5 Å². The molecular formula is C9H15Cl3N2O2. The van der Waals surface area contributed by atoms with Gasteiger partial charge in [-0.2, -0.15) is 0 Å². The Labute approximate surface area is 112 Å². The average Bonchev–Trinajstić information content (AvgIpc) is 2.17. The summed E-state index contributed by atoms with van der Waals surface area (Å²) in [4.78, 5) is 0. The van der Waals surface area contributed by atoms with Crippen LogP contribution in [0.15, 0.2) is 6.07 Å². The summed E-state index contributed by atoms with van der Waals surface area (Å²) in [6.07, 6.45) is 0. The minimum atomic E-state index is 0. The minimum Gasteiger partial charge on any atom is -0.493 e. The van der Waals surface area contributed by atoms with Gasteiger partial charge >= 0.3 is 0 Å². The van der Waals surface area contributed by atoms with Gasteiger partial charge in [0.05, 0.1) is 24.9 Å². The van der Waals surface area contributed by atoms with E-state index in [1.54, 1.807) is 20.2 Å². The Morgan fingerprint density at radius 3 is 2.06 bits per heavy atom. The lowest BCUT2D eigenvalue weighted by atomic mass is 10.2. The molecule has 0 atom stereocenters. The van der Waals surface area contributed by atoms with Crippen LogP contribution in [-0.4, -0.2) is 21.3 Å². The molecule has 0 radical (unpaired) electrons. The Hall–Kier alpha value is -0.710. The third-order valence-electron chi connectivity index (χ3n) is 1.90. The summed E-state index contributed by atoms with van der Waals surface area (Å²) in [6, 6.07) is 1.70. The molecule has 0 fully saturated rings. The standard InChI is InChI=1S/C9H13ClN2O2.2ClH/c1-12-6-4-5(10)8(13-2)7(11)9(6)14-3;;/h4,12H,11H2,1-3H3;2*1H. The molecule has 0 saturated carbocycles. The van der Waals surface area contributed by atoms with Crippen molar-refractivity contribution in [1.29, 1.82) is 0 Å². The van der Waals surface area contributed by atoms with Gasteiger partial charge in [-0.25, -0.2) is 0 Å². The van der Waals surface area contributed by atoms with E-state index in [0.29, 0.717) is 22.2 Å². The summed E-state index contributed by atoms with van der Waals surface area (Å²) in [5.74, 6) is 0.969. The van der Waals surface area contributed by atoms with Gasteiger partial charge in [0.2, 0.25) is 0 Å². The van der Waals surface area contributed by atoms with Gasteiger partial charge in [0.15, 0.2) is 11.5 Å². The summed E-state index contributed by atoms with van der Waals surface area (Å²) in [6.45, 7) is 0. The van der Waals surface area contributed by atoms with Crippen LogP contribution >= 0.6 is 36.4 Å². The molecule has 0 amide bonds. The molecule has 0 bridgehead atoms. The van der Waals surface area contributed by atoms with Crippen LogP contribution in [0.25, 0.3) is 0 Å². The SMILES string of the molecule is CNc1cc(Cl)c(OC)c(N)c1OC.Cl.Cl. The highest BCUT2D eigenvalue weighted by molar-refractivity contribution is 6.33. The Morgan fingerprint density at radius 1 is 1.19 bits per heavy atom. The highest BCUT2D eigenvalue weighted by Gasteiger charge is 2.15. The molecule has 16 heavy (non-hydrogen) atoms. The van der Waals surface area contributed by atoms with Crippen LogP contribution < -0.4 is 20.5 Å². The molecule has 0 saturated heterocycles. The highest BCUT2D eigenvalue weighted by atomic mass is 35.5. The fourth-order valence-corrected chi connectivity index (χ4v) is 1.54. The Kier molecular flexibility index (Phi) is 8.34. The smallest absolute Gasteiger partial charge is 0.168 e. The van der Waals surface area contributed by atoms with Gasteiger partial charge in [-0.3, -0.25) is 0 Å². The van der Waals surface area contributed by atoms with E-state index >= 15 is 0 Å². The number of rotatable bonds is 3. The molecular weight excluding hydrogens is 274 g/mol. The number of benzene rings is 1. The normalized spacial score (nSPS) is 8.50. The lowest BCUT2D eigenvalue weighted by molar-refractivity contribution is 0.399. The third kappa shape index (κ3) is 3.14. The number of nitrogens with two attached hydrogens (primary N) is 1. The molecule has 1 aromatic carbocycles. The number of nitrogen functional groups attached to an aromatic ring is 1. The predicted octanol–water partition coefficient (Wildman–Crippen LogP) is 2.82. The summed E-state index contributed by atoms with van der Waals surface area (Å²) in [5, 5.41) is 3.39. The maximum absolute atomic E-state index is 5.94. The van der Waals surface area contributed by atoms with Crippen LogP contribution in [0.4, 0.5) is 11.4 Å². The number of ether oxygens (including phenoxy) is 2. The zero-order valence-electron chi connectivity index (χ0n) is 9.17. The molecule has 0 heterocycles. The number of anilines is 2. The fourth-order valence-electron chi connectivity index (χ4n) is 1.25. The molecule has 0 spiro atoms. The van der Waals surface area contributed by atoms with Gasteiger partial charge in [-0.1, -0.05) is 11.6 Å². The second-order valence-corrected chi connectivity index (χ2v) is 3.04. The largest absolute Gasteiger partial charge is 0.493 e. The first-order valence-electron chi connectivity index (χ1n) is 4.03. The third-order valence-corrected chi connectivity index (χ3v) is 2.18. The highest BCUT2D eigenvalue weighted by Crippen LogP contribution is 2.43. The van der Waals surface area contributed by atoms with Crippen molar-refractivity contribution in [2.45, 2.75) is 0 Å². The molecule has 1 aromatic rings. The van der Waals surface area contributed by atoms with Gasteiger partial charge in [0.1, 0.15) is 5.69 Å². The molecule has 0 aliphatic carbocycles. The quantitative estimate of drug-likeness (QED) is 0.840. The van der Waals surface area contributed by atoms with E-state index in [9.17, 15) is 0 Å². The van der Waals surface area contributed by atoms with Gasteiger partial charge in [-0.15, -0.1) is 24.8 Å². The summed E-state index contributed by atoms with van der Waals surface area (Å²) < 4.78 is 10.2. The predicted molar refractivity (Wildman–Crippen MR) is 73.0 cm³/mol. The topological polar surface area (TPSA) is 56.5 Å². The van der Waals surface area contributed by atoms with Crippen LogP contribution in [0, 0.1) is 0 Å². The van der Waals surface area contributed by atoms with Crippen molar-refractivity contribution < 1.29 is 9.47 Å². The van der Waals surface area contributed by atoms with Crippen LogP contribution in [0.2, 0.25) is 5.02 Å². The monoisotopic (exact) mass is 288 g/mol. The number of hydrogen-bond donors (Lipinski definition) is 2. The fraction of sp³-hybridized carbons (Fsp3) is 0.333. The second-order valence-electron chi connectivity index (χ2n) is 2.64. The van der Waals surface area contributed by atoms with Crippen molar-refractivity contribution >= 4 is 47.8 Å². The number of halogens is 3. The lowest BCUT2D eigenvalue weighted by Gasteiger charge is -2.14. The molecule has 0 aliphatic heterocycles. The maximum Gasteiger partial charge on any atom is 0.168 e. The first-order chi connectivity index (χ1) is 6.65.